The third-order valence-corrected chi connectivity index (χ3v) is 3.04. The Bertz CT molecular complexity index is 358. The molecule has 0 aliphatic carbocycles. The van der Waals surface area contributed by atoms with Gasteiger partial charge >= 0.3 is 6.18 Å². The van der Waals surface area contributed by atoms with Crippen LogP contribution in [0.15, 0.2) is 30.3 Å². The Morgan fingerprint density at radius 1 is 1.24 bits per heavy atom. The first kappa shape index (κ1) is 12.4. The second kappa shape index (κ2) is 4.66. The lowest BCUT2D eigenvalue weighted by atomic mass is 9.97. The van der Waals surface area contributed by atoms with Crippen LogP contribution < -0.4 is 5.32 Å². The van der Waals surface area contributed by atoms with Crippen LogP contribution >= 0.6 is 0 Å². The molecule has 0 aromatic heterocycles. The van der Waals surface area contributed by atoms with Gasteiger partial charge < -0.3 is 4.74 Å². The summed E-state index contributed by atoms with van der Waals surface area (Å²) in [7, 11) is 0. The monoisotopic (exact) mass is 245 g/mol. The van der Waals surface area contributed by atoms with Gasteiger partial charge in [-0.3, -0.25) is 5.32 Å². The Morgan fingerprint density at radius 2 is 1.94 bits per heavy atom. The molecule has 1 N–H and O–H groups in total. The van der Waals surface area contributed by atoms with Gasteiger partial charge in [-0.1, -0.05) is 30.3 Å². The fourth-order valence-electron chi connectivity index (χ4n) is 1.90. The number of nitrogens with one attached hydrogen (secondary N) is 1. The van der Waals surface area contributed by atoms with Gasteiger partial charge in [-0.05, 0) is 5.56 Å². The lowest BCUT2D eigenvalue weighted by molar-refractivity contribution is -0.196. The summed E-state index contributed by atoms with van der Waals surface area (Å²) in [5.74, 6) is 0. The summed E-state index contributed by atoms with van der Waals surface area (Å²) in [5, 5.41) is 2.60. The molecule has 0 saturated carbocycles. The van der Waals surface area contributed by atoms with E-state index in [2.05, 4.69) is 5.32 Å². The number of hydrogen-bond donors (Lipinski definition) is 1. The van der Waals surface area contributed by atoms with E-state index in [9.17, 15) is 13.2 Å². The first-order valence-electron chi connectivity index (χ1n) is 5.47. The van der Waals surface area contributed by atoms with Crippen LogP contribution in [0.3, 0.4) is 0 Å². The average molecular weight is 245 g/mol. The van der Waals surface area contributed by atoms with Crippen molar-refractivity contribution in [2.24, 2.45) is 0 Å². The summed E-state index contributed by atoms with van der Waals surface area (Å²) in [5.41, 5.74) is -1.05. The van der Waals surface area contributed by atoms with Crippen LogP contribution in [-0.4, -0.2) is 24.9 Å². The summed E-state index contributed by atoms with van der Waals surface area (Å²) in [4.78, 5) is 0. The molecule has 0 radical (unpaired) electrons. The zero-order valence-electron chi connectivity index (χ0n) is 9.26. The van der Waals surface area contributed by atoms with Gasteiger partial charge in [0.25, 0.3) is 0 Å². The zero-order chi connectivity index (χ0) is 12.4. The third kappa shape index (κ3) is 2.61. The van der Waals surface area contributed by atoms with Crippen LogP contribution in [0.5, 0.6) is 0 Å². The summed E-state index contributed by atoms with van der Waals surface area (Å²) in [6.45, 7) is 0.0499. The lowest BCUT2D eigenvalue weighted by Crippen LogP contribution is -2.57. The van der Waals surface area contributed by atoms with Crippen LogP contribution in [0.1, 0.15) is 12.0 Å². The van der Waals surface area contributed by atoms with E-state index in [1.54, 1.807) is 12.1 Å². The fourth-order valence-corrected chi connectivity index (χ4v) is 1.90. The molecule has 1 fully saturated rings. The van der Waals surface area contributed by atoms with Crippen LogP contribution in [0.2, 0.25) is 0 Å². The highest BCUT2D eigenvalue weighted by atomic mass is 19.4. The van der Waals surface area contributed by atoms with Gasteiger partial charge in [0.1, 0.15) is 5.54 Å². The van der Waals surface area contributed by atoms with Crippen molar-refractivity contribution in [1.29, 1.82) is 0 Å². The van der Waals surface area contributed by atoms with Crippen molar-refractivity contribution < 1.29 is 17.9 Å². The molecule has 1 aromatic carbocycles. The summed E-state index contributed by atoms with van der Waals surface area (Å²) in [6, 6.07) is 9.05. The quantitative estimate of drug-likeness (QED) is 0.883. The molecule has 94 valence electrons. The van der Waals surface area contributed by atoms with Crippen molar-refractivity contribution in [2.45, 2.75) is 24.7 Å². The minimum absolute atomic E-state index is 0.0245. The first-order chi connectivity index (χ1) is 8.04. The van der Waals surface area contributed by atoms with E-state index < -0.39 is 11.7 Å². The minimum atomic E-state index is -4.28. The summed E-state index contributed by atoms with van der Waals surface area (Å²) >= 11 is 0. The van der Waals surface area contributed by atoms with Gasteiger partial charge in [0, 0.05) is 19.6 Å². The van der Waals surface area contributed by atoms with E-state index in [0.29, 0.717) is 0 Å². The number of halogens is 3. The molecule has 0 bridgehead atoms. The molecule has 1 aliphatic rings. The topological polar surface area (TPSA) is 21.3 Å². The Kier molecular flexibility index (Phi) is 3.40. The standard InChI is InChI=1S/C12H14F3NO/c13-12(14,15)11(6-7-17-9-11)16-8-10-4-2-1-3-5-10/h1-5,16H,6-9H2/t11-/m1/s1. The molecule has 0 spiro atoms. The number of hydrogen-bond acceptors (Lipinski definition) is 2. The Morgan fingerprint density at radius 3 is 2.47 bits per heavy atom. The molecule has 0 unspecified atom stereocenters. The van der Waals surface area contributed by atoms with Gasteiger partial charge in [-0.15, -0.1) is 0 Å². The van der Waals surface area contributed by atoms with Gasteiger partial charge in [-0.2, -0.15) is 13.2 Å². The normalized spacial score (nSPS) is 25.1. The molecule has 1 atom stereocenters. The average Bonchev–Trinajstić information content (AvgIpc) is 2.77. The highest BCUT2D eigenvalue weighted by Crippen LogP contribution is 2.36. The Labute approximate surface area is 97.8 Å². The predicted octanol–water partition coefficient (Wildman–Crippen LogP) is 2.50. The van der Waals surface area contributed by atoms with E-state index in [4.69, 9.17) is 4.74 Å². The van der Waals surface area contributed by atoms with Gasteiger partial charge in [0.05, 0.1) is 6.61 Å². The van der Waals surface area contributed by atoms with Crippen LogP contribution in [-0.2, 0) is 11.3 Å². The number of ether oxygens (including phenoxy) is 1. The van der Waals surface area contributed by atoms with E-state index in [1.807, 2.05) is 18.2 Å². The van der Waals surface area contributed by atoms with Crippen molar-refractivity contribution in [3.63, 3.8) is 0 Å². The van der Waals surface area contributed by atoms with Crippen LogP contribution in [0, 0.1) is 0 Å². The second-order valence-electron chi connectivity index (χ2n) is 4.22. The van der Waals surface area contributed by atoms with Crippen molar-refractivity contribution in [3.05, 3.63) is 35.9 Å². The maximum atomic E-state index is 13.0. The zero-order valence-corrected chi connectivity index (χ0v) is 9.26. The third-order valence-electron chi connectivity index (χ3n) is 3.04. The molecule has 1 aromatic rings. The second-order valence-corrected chi connectivity index (χ2v) is 4.22. The Balaban J connectivity index is 2.05. The highest BCUT2D eigenvalue weighted by Gasteiger charge is 2.56. The van der Waals surface area contributed by atoms with Crippen LogP contribution in [0.4, 0.5) is 13.2 Å². The van der Waals surface area contributed by atoms with Crippen molar-refractivity contribution in [2.75, 3.05) is 13.2 Å². The van der Waals surface area contributed by atoms with Gasteiger partial charge in [-0.25, -0.2) is 0 Å². The van der Waals surface area contributed by atoms with E-state index in [0.717, 1.165) is 5.56 Å². The van der Waals surface area contributed by atoms with Crippen molar-refractivity contribution in [3.8, 4) is 0 Å². The smallest absolute Gasteiger partial charge is 0.379 e. The molecule has 5 heteroatoms. The fraction of sp³-hybridized carbons (Fsp3) is 0.500. The number of rotatable bonds is 3. The van der Waals surface area contributed by atoms with E-state index in [1.165, 1.54) is 0 Å². The van der Waals surface area contributed by atoms with Crippen molar-refractivity contribution >= 4 is 0 Å². The van der Waals surface area contributed by atoms with Gasteiger partial charge in [0.2, 0.25) is 0 Å². The first-order valence-corrected chi connectivity index (χ1v) is 5.47. The van der Waals surface area contributed by atoms with E-state index >= 15 is 0 Å². The Hall–Kier alpha value is -1.07. The van der Waals surface area contributed by atoms with Crippen molar-refractivity contribution in [1.82, 2.24) is 5.32 Å². The number of benzene rings is 1. The molecule has 0 amide bonds. The maximum absolute atomic E-state index is 13.0. The summed E-state index contributed by atoms with van der Waals surface area (Å²) in [6.07, 6.45) is -4.30. The summed E-state index contributed by atoms with van der Waals surface area (Å²) < 4.78 is 43.8. The minimum Gasteiger partial charge on any atom is -0.379 e. The molecule has 1 aliphatic heterocycles. The lowest BCUT2D eigenvalue weighted by Gasteiger charge is -2.31. The molecule has 2 rings (SSSR count). The molecule has 2 nitrogen and oxygen atoms in total. The van der Waals surface area contributed by atoms with Crippen LogP contribution in [0.25, 0.3) is 0 Å². The molecule has 17 heavy (non-hydrogen) atoms. The highest BCUT2D eigenvalue weighted by molar-refractivity contribution is 5.15. The SMILES string of the molecule is FC(F)(F)[C@@]1(NCc2ccccc2)CCOC1. The predicted molar refractivity (Wildman–Crippen MR) is 57.5 cm³/mol. The number of alkyl halides is 3. The molecular weight excluding hydrogens is 231 g/mol. The molecule has 1 saturated heterocycles. The largest absolute Gasteiger partial charge is 0.408 e. The van der Waals surface area contributed by atoms with Gasteiger partial charge in [0.15, 0.2) is 0 Å². The maximum Gasteiger partial charge on any atom is 0.408 e. The molecule has 1 heterocycles. The van der Waals surface area contributed by atoms with E-state index in [-0.39, 0.29) is 26.2 Å². The molecular formula is C12H14F3NO.